The highest BCUT2D eigenvalue weighted by Gasteiger charge is 2.22. The van der Waals surface area contributed by atoms with Crippen molar-refractivity contribution in [3.05, 3.63) is 35.4 Å². The average molecular weight is 279 g/mol. The van der Waals surface area contributed by atoms with Crippen molar-refractivity contribution < 1.29 is 4.21 Å². The van der Waals surface area contributed by atoms with Crippen LogP contribution in [0, 0.1) is 5.92 Å². The van der Waals surface area contributed by atoms with Crippen molar-refractivity contribution in [3.8, 4) is 0 Å². The van der Waals surface area contributed by atoms with Crippen LogP contribution >= 0.6 is 0 Å². The molecule has 1 heterocycles. The number of hydrogen-bond acceptors (Lipinski definition) is 2. The third kappa shape index (κ3) is 4.15. The van der Waals surface area contributed by atoms with E-state index < -0.39 is 10.8 Å². The molecule has 1 aromatic rings. The fraction of sp³-hybridized carbons (Fsp3) is 0.625. The highest BCUT2D eigenvalue weighted by atomic mass is 32.2. The number of rotatable bonds is 3. The summed E-state index contributed by atoms with van der Waals surface area (Å²) in [6.45, 7) is 7.54. The van der Waals surface area contributed by atoms with Crippen molar-refractivity contribution in [1.82, 2.24) is 5.32 Å². The van der Waals surface area contributed by atoms with Crippen molar-refractivity contribution in [2.75, 3.05) is 12.3 Å². The number of nitrogens with one attached hydrogen (secondary N) is 1. The van der Waals surface area contributed by atoms with Crippen molar-refractivity contribution >= 4 is 10.8 Å². The molecule has 2 nitrogen and oxygen atoms in total. The minimum Gasteiger partial charge on any atom is -0.309 e. The van der Waals surface area contributed by atoms with Gasteiger partial charge in [0, 0.05) is 27.8 Å². The maximum absolute atomic E-state index is 12.1. The highest BCUT2D eigenvalue weighted by Crippen LogP contribution is 2.20. The molecule has 0 bridgehead atoms. The molecule has 106 valence electrons. The van der Waals surface area contributed by atoms with Crippen LogP contribution < -0.4 is 5.32 Å². The standard InChI is InChI=1S/C16H25NOS/c1-12(2)10-14-4-6-15(7-5-14)16-11-19(18)13(3)8-9-17-16/h4-7,12-13,16-17H,8-11H2,1-3H3. The molecule has 0 amide bonds. The average Bonchev–Trinajstić information content (AvgIpc) is 2.52. The van der Waals surface area contributed by atoms with E-state index >= 15 is 0 Å². The summed E-state index contributed by atoms with van der Waals surface area (Å²) in [7, 11) is -0.710. The Morgan fingerprint density at radius 2 is 2.00 bits per heavy atom. The molecule has 1 aromatic carbocycles. The van der Waals surface area contributed by atoms with E-state index in [2.05, 4.69) is 50.4 Å². The van der Waals surface area contributed by atoms with Crippen LogP contribution in [0.2, 0.25) is 0 Å². The van der Waals surface area contributed by atoms with Crippen LogP contribution in [0.3, 0.4) is 0 Å². The van der Waals surface area contributed by atoms with Crippen molar-refractivity contribution in [2.24, 2.45) is 5.92 Å². The lowest BCUT2D eigenvalue weighted by Crippen LogP contribution is -2.23. The van der Waals surface area contributed by atoms with E-state index in [-0.39, 0.29) is 6.04 Å². The van der Waals surface area contributed by atoms with Gasteiger partial charge in [-0.2, -0.15) is 0 Å². The van der Waals surface area contributed by atoms with Gasteiger partial charge in [0.25, 0.3) is 0 Å². The quantitative estimate of drug-likeness (QED) is 0.921. The van der Waals surface area contributed by atoms with E-state index in [1.54, 1.807) is 0 Å². The molecule has 2 rings (SSSR count). The first-order valence-electron chi connectivity index (χ1n) is 7.25. The molecule has 0 radical (unpaired) electrons. The highest BCUT2D eigenvalue weighted by molar-refractivity contribution is 7.85. The second-order valence-electron chi connectivity index (χ2n) is 5.99. The summed E-state index contributed by atoms with van der Waals surface area (Å²) in [5.74, 6) is 1.43. The fourth-order valence-electron chi connectivity index (χ4n) is 2.55. The Morgan fingerprint density at radius 3 is 2.63 bits per heavy atom. The third-order valence-electron chi connectivity index (χ3n) is 3.75. The van der Waals surface area contributed by atoms with Gasteiger partial charge in [-0.1, -0.05) is 45.0 Å². The second kappa shape index (κ2) is 6.67. The Kier molecular flexibility index (Phi) is 5.17. The maximum atomic E-state index is 12.1. The summed E-state index contributed by atoms with van der Waals surface area (Å²) >= 11 is 0. The van der Waals surface area contributed by atoms with Crippen LogP contribution in [-0.2, 0) is 17.2 Å². The number of benzene rings is 1. The maximum Gasteiger partial charge on any atom is 0.0436 e. The molecule has 3 atom stereocenters. The van der Waals surface area contributed by atoms with Gasteiger partial charge in [0.15, 0.2) is 0 Å². The van der Waals surface area contributed by atoms with Crippen LogP contribution in [0.1, 0.15) is 44.4 Å². The van der Waals surface area contributed by atoms with Crippen molar-refractivity contribution in [3.63, 3.8) is 0 Å². The fourth-order valence-corrected chi connectivity index (χ4v) is 3.90. The lowest BCUT2D eigenvalue weighted by atomic mass is 10.00. The monoisotopic (exact) mass is 279 g/mol. The van der Waals surface area contributed by atoms with Crippen LogP contribution in [0.25, 0.3) is 0 Å². The molecule has 0 saturated carbocycles. The van der Waals surface area contributed by atoms with Gasteiger partial charge < -0.3 is 5.32 Å². The Morgan fingerprint density at radius 1 is 1.32 bits per heavy atom. The molecule has 1 fully saturated rings. The first-order valence-corrected chi connectivity index (χ1v) is 8.64. The molecule has 3 heteroatoms. The molecule has 1 aliphatic rings. The Hall–Kier alpha value is -0.670. The normalized spacial score (nSPS) is 28.3. The molecular weight excluding hydrogens is 254 g/mol. The van der Waals surface area contributed by atoms with E-state index in [1.807, 2.05) is 0 Å². The van der Waals surface area contributed by atoms with Crippen LogP contribution in [-0.4, -0.2) is 21.8 Å². The minimum atomic E-state index is -0.710. The minimum absolute atomic E-state index is 0.249. The molecule has 0 aliphatic carbocycles. The summed E-state index contributed by atoms with van der Waals surface area (Å²) in [4.78, 5) is 0. The second-order valence-corrected chi connectivity index (χ2v) is 7.89. The third-order valence-corrected chi connectivity index (χ3v) is 5.54. The largest absolute Gasteiger partial charge is 0.309 e. The van der Waals surface area contributed by atoms with Gasteiger partial charge in [0.2, 0.25) is 0 Å². The van der Waals surface area contributed by atoms with Crippen molar-refractivity contribution in [2.45, 2.75) is 44.9 Å². The van der Waals surface area contributed by atoms with E-state index in [0.29, 0.717) is 11.2 Å². The smallest absolute Gasteiger partial charge is 0.0436 e. The van der Waals surface area contributed by atoms with Gasteiger partial charge in [0.05, 0.1) is 0 Å². The first-order chi connectivity index (χ1) is 9.06. The molecule has 1 saturated heterocycles. The van der Waals surface area contributed by atoms with Crippen LogP contribution in [0.5, 0.6) is 0 Å². The van der Waals surface area contributed by atoms with Crippen LogP contribution in [0.15, 0.2) is 24.3 Å². The summed E-state index contributed by atoms with van der Waals surface area (Å²) in [5, 5.41) is 3.84. The molecule has 3 unspecified atom stereocenters. The summed E-state index contributed by atoms with van der Waals surface area (Å²) in [5.41, 5.74) is 2.66. The van der Waals surface area contributed by atoms with Gasteiger partial charge in [-0.15, -0.1) is 0 Å². The Labute approximate surface area is 119 Å². The number of hydrogen-bond donors (Lipinski definition) is 1. The topological polar surface area (TPSA) is 29.1 Å². The SMILES string of the molecule is CC(C)Cc1ccc(C2CS(=O)C(C)CCN2)cc1. The zero-order chi connectivity index (χ0) is 13.8. The van der Waals surface area contributed by atoms with Crippen LogP contribution in [0.4, 0.5) is 0 Å². The van der Waals surface area contributed by atoms with E-state index in [9.17, 15) is 4.21 Å². The summed E-state index contributed by atoms with van der Waals surface area (Å²) in [6, 6.07) is 9.08. The van der Waals surface area contributed by atoms with Gasteiger partial charge in [0.1, 0.15) is 0 Å². The molecule has 0 spiro atoms. The summed E-state index contributed by atoms with van der Waals surface area (Å²) in [6.07, 6.45) is 2.13. The first kappa shape index (κ1) is 14.7. The Bertz CT molecular complexity index is 427. The lowest BCUT2D eigenvalue weighted by Gasteiger charge is -2.16. The summed E-state index contributed by atoms with van der Waals surface area (Å²) < 4.78 is 12.1. The zero-order valence-electron chi connectivity index (χ0n) is 12.2. The molecular formula is C16H25NOS. The van der Waals surface area contributed by atoms with Gasteiger partial charge in [-0.25, -0.2) is 0 Å². The van der Waals surface area contributed by atoms with Gasteiger partial charge >= 0.3 is 0 Å². The molecule has 1 N–H and O–H groups in total. The molecule has 0 aromatic heterocycles. The molecule has 19 heavy (non-hydrogen) atoms. The predicted octanol–water partition coefficient (Wildman–Crippen LogP) is 3.06. The van der Waals surface area contributed by atoms with Gasteiger partial charge in [-0.3, -0.25) is 4.21 Å². The Balaban J connectivity index is 2.06. The van der Waals surface area contributed by atoms with E-state index in [1.165, 1.54) is 11.1 Å². The van der Waals surface area contributed by atoms with Gasteiger partial charge in [-0.05, 0) is 36.4 Å². The lowest BCUT2D eigenvalue weighted by molar-refractivity contribution is 0.578. The predicted molar refractivity (Wildman–Crippen MR) is 82.8 cm³/mol. The zero-order valence-corrected chi connectivity index (χ0v) is 13.0. The van der Waals surface area contributed by atoms with E-state index in [4.69, 9.17) is 0 Å². The molecule has 1 aliphatic heterocycles. The van der Waals surface area contributed by atoms with Crippen molar-refractivity contribution in [1.29, 1.82) is 0 Å². The van der Waals surface area contributed by atoms with E-state index in [0.717, 1.165) is 25.1 Å².